The lowest BCUT2D eigenvalue weighted by atomic mass is 10.00. The van der Waals surface area contributed by atoms with E-state index >= 15 is 0 Å². The number of ether oxygens (including phenoxy) is 1. The molecule has 1 aliphatic heterocycles. The van der Waals surface area contributed by atoms with Crippen molar-refractivity contribution in [2.45, 2.75) is 78.0 Å². The Morgan fingerprint density at radius 1 is 1.28 bits per heavy atom. The molecule has 1 fully saturated rings. The van der Waals surface area contributed by atoms with Gasteiger partial charge in [0, 0.05) is 18.6 Å². The molecule has 1 N–H and O–H groups in total. The number of hydrogen-bond acceptors (Lipinski definition) is 4. The number of hydrazine groups is 1. The highest BCUT2D eigenvalue weighted by Gasteiger charge is 2.24. The second kappa shape index (κ2) is 6.53. The molecular weight excluding hydrogens is 228 g/mol. The van der Waals surface area contributed by atoms with Gasteiger partial charge in [-0.25, -0.2) is 5.01 Å². The molecule has 4 nitrogen and oxygen atoms in total. The van der Waals surface area contributed by atoms with Crippen LogP contribution in [0.4, 0.5) is 0 Å². The fourth-order valence-corrected chi connectivity index (χ4v) is 2.41. The van der Waals surface area contributed by atoms with E-state index in [1.807, 2.05) is 20.8 Å². The van der Waals surface area contributed by atoms with Crippen molar-refractivity contribution in [1.29, 1.82) is 0 Å². The second-order valence-corrected chi connectivity index (χ2v) is 6.28. The molecule has 1 aliphatic rings. The van der Waals surface area contributed by atoms with Crippen LogP contribution in [0.25, 0.3) is 0 Å². The predicted octanol–water partition coefficient (Wildman–Crippen LogP) is 2.49. The monoisotopic (exact) mass is 256 g/mol. The van der Waals surface area contributed by atoms with Crippen molar-refractivity contribution in [3.8, 4) is 0 Å². The van der Waals surface area contributed by atoms with E-state index in [1.165, 1.54) is 19.3 Å². The van der Waals surface area contributed by atoms with Gasteiger partial charge >= 0.3 is 5.97 Å². The van der Waals surface area contributed by atoms with Crippen LogP contribution in [0.2, 0.25) is 0 Å². The Balaban J connectivity index is 2.26. The van der Waals surface area contributed by atoms with Gasteiger partial charge in [-0.3, -0.25) is 10.2 Å². The van der Waals surface area contributed by atoms with Gasteiger partial charge in [0.2, 0.25) is 0 Å². The number of nitrogens with zero attached hydrogens (tertiary/aromatic N) is 1. The maximum Gasteiger partial charge on any atom is 0.307 e. The van der Waals surface area contributed by atoms with Crippen molar-refractivity contribution in [3.05, 3.63) is 0 Å². The molecule has 4 heteroatoms. The minimum absolute atomic E-state index is 0.132. The summed E-state index contributed by atoms with van der Waals surface area (Å²) in [4.78, 5) is 11.6. The zero-order chi connectivity index (χ0) is 13.8. The van der Waals surface area contributed by atoms with E-state index in [1.54, 1.807) is 0 Å². The highest BCUT2D eigenvalue weighted by molar-refractivity contribution is 5.70. The summed E-state index contributed by atoms with van der Waals surface area (Å²) in [5.74, 6) is -0.132. The molecular formula is C14H28N2O2. The average molecular weight is 256 g/mol. The van der Waals surface area contributed by atoms with Gasteiger partial charge in [0.25, 0.3) is 0 Å². The molecule has 18 heavy (non-hydrogen) atoms. The standard InChI is InChI=1S/C14H28N2O2/c1-11-7-6-8-12(2)16(11)15-10-9-13(17)18-14(3,4)5/h11-12,15H,6-10H2,1-5H3. The van der Waals surface area contributed by atoms with Gasteiger partial charge in [0.1, 0.15) is 5.60 Å². The van der Waals surface area contributed by atoms with Crippen LogP contribution in [0.3, 0.4) is 0 Å². The topological polar surface area (TPSA) is 41.6 Å². The van der Waals surface area contributed by atoms with E-state index in [9.17, 15) is 4.79 Å². The molecule has 0 saturated carbocycles. The zero-order valence-corrected chi connectivity index (χ0v) is 12.5. The van der Waals surface area contributed by atoms with Crippen molar-refractivity contribution < 1.29 is 9.53 Å². The molecule has 106 valence electrons. The highest BCUT2D eigenvalue weighted by Crippen LogP contribution is 2.20. The summed E-state index contributed by atoms with van der Waals surface area (Å²) >= 11 is 0. The van der Waals surface area contributed by atoms with Crippen LogP contribution in [0.5, 0.6) is 0 Å². The fourth-order valence-electron chi connectivity index (χ4n) is 2.41. The van der Waals surface area contributed by atoms with Gasteiger partial charge in [-0.2, -0.15) is 0 Å². The summed E-state index contributed by atoms with van der Waals surface area (Å²) in [7, 11) is 0. The summed E-state index contributed by atoms with van der Waals surface area (Å²) in [5, 5.41) is 2.29. The third-order valence-corrected chi connectivity index (χ3v) is 3.24. The van der Waals surface area contributed by atoms with Gasteiger partial charge in [-0.1, -0.05) is 6.42 Å². The lowest BCUT2D eigenvalue weighted by Gasteiger charge is -2.39. The van der Waals surface area contributed by atoms with Crippen molar-refractivity contribution in [1.82, 2.24) is 10.4 Å². The second-order valence-electron chi connectivity index (χ2n) is 6.28. The van der Waals surface area contributed by atoms with Crippen LogP contribution in [-0.2, 0) is 9.53 Å². The molecule has 0 spiro atoms. The minimum Gasteiger partial charge on any atom is -0.460 e. The van der Waals surface area contributed by atoms with Crippen LogP contribution in [0.15, 0.2) is 0 Å². The summed E-state index contributed by atoms with van der Waals surface area (Å²) in [6, 6.07) is 1.10. The summed E-state index contributed by atoms with van der Waals surface area (Å²) in [6.45, 7) is 10.8. The van der Waals surface area contributed by atoms with Gasteiger partial charge in [-0.15, -0.1) is 0 Å². The Bertz CT molecular complexity index is 263. The third-order valence-electron chi connectivity index (χ3n) is 3.24. The molecule has 1 heterocycles. The number of nitrogens with one attached hydrogen (secondary N) is 1. The molecule has 0 bridgehead atoms. The number of carbonyl (C=O) groups is 1. The van der Waals surface area contributed by atoms with E-state index in [-0.39, 0.29) is 11.6 Å². The summed E-state index contributed by atoms with van der Waals surface area (Å²) in [6.07, 6.45) is 4.17. The van der Waals surface area contributed by atoms with Crippen LogP contribution in [0.1, 0.15) is 60.3 Å². The van der Waals surface area contributed by atoms with Crippen molar-refractivity contribution >= 4 is 5.97 Å². The lowest BCUT2D eigenvalue weighted by Crippen LogP contribution is -2.52. The SMILES string of the molecule is CC1CCCC(C)N1NCCC(=O)OC(C)(C)C. The van der Waals surface area contributed by atoms with E-state index in [2.05, 4.69) is 24.3 Å². The van der Waals surface area contributed by atoms with Gasteiger partial charge in [-0.05, 0) is 47.5 Å². The number of rotatable bonds is 4. The Morgan fingerprint density at radius 2 is 1.83 bits per heavy atom. The molecule has 2 atom stereocenters. The predicted molar refractivity (Wildman–Crippen MR) is 73.1 cm³/mol. The lowest BCUT2D eigenvalue weighted by molar-refractivity contribution is -0.155. The van der Waals surface area contributed by atoms with E-state index in [0.717, 1.165) is 0 Å². The largest absolute Gasteiger partial charge is 0.460 e. The highest BCUT2D eigenvalue weighted by atomic mass is 16.6. The van der Waals surface area contributed by atoms with Crippen LogP contribution >= 0.6 is 0 Å². The van der Waals surface area contributed by atoms with Gasteiger partial charge in [0.15, 0.2) is 0 Å². The van der Waals surface area contributed by atoms with E-state index in [0.29, 0.717) is 25.0 Å². The van der Waals surface area contributed by atoms with Gasteiger partial charge < -0.3 is 4.74 Å². The number of carbonyl (C=O) groups excluding carboxylic acids is 1. The number of hydrogen-bond donors (Lipinski definition) is 1. The number of esters is 1. The molecule has 2 unspecified atom stereocenters. The molecule has 0 aromatic rings. The first-order valence-electron chi connectivity index (χ1n) is 7.03. The maximum atomic E-state index is 11.6. The quantitative estimate of drug-likeness (QED) is 0.785. The smallest absolute Gasteiger partial charge is 0.307 e. The molecule has 0 aromatic carbocycles. The maximum absolute atomic E-state index is 11.6. The molecule has 1 rings (SSSR count). The molecule has 0 amide bonds. The van der Waals surface area contributed by atoms with Crippen molar-refractivity contribution in [2.75, 3.05) is 6.54 Å². The Labute approximate surface area is 111 Å². The molecule has 0 aromatic heterocycles. The number of piperidine rings is 1. The van der Waals surface area contributed by atoms with Crippen LogP contribution in [0, 0.1) is 0 Å². The van der Waals surface area contributed by atoms with Crippen molar-refractivity contribution in [2.24, 2.45) is 0 Å². The first-order chi connectivity index (χ1) is 8.29. The minimum atomic E-state index is -0.386. The normalized spacial score (nSPS) is 26.1. The average Bonchev–Trinajstić information content (AvgIpc) is 2.19. The first-order valence-corrected chi connectivity index (χ1v) is 7.03. The Hall–Kier alpha value is -0.610. The molecule has 1 saturated heterocycles. The van der Waals surface area contributed by atoms with Gasteiger partial charge in [0.05, 0.1) is 6.42 Å². The van der Waals surface area contributed by atoms with Crippen molar-refractivity contribution in [3.63, 3.8) is 0 Å². The third kappa shape index (κ3) is 5.36. The van der Waals surface area contributed by atoms with Crippen LogP contribution < -0.4 is 5.43 Å². The van der Waals surface area contributed by atoms with E-state index in [4.69, 9.17) is 4.74 Å². The van der Waals surface area contributed by atoms with E-state index < -0.39 is 0 Å². The Kier molecular flexibility index (Phi) is 5.60. The summed E-state index contributed by atoms with van der Waals surface area (Å²) in [5.41, 5.74) is 2.98. The Morgan fingerprint density at radius 3 is 2.33 bits per heavy atom. The first kappa shape index (κ1) is 15.4. The van der Waals surface area contributed by atoms with Crippen LogP contribution in [-0.4, -0.2) is 35.2 Å². The zero-order valence-electron chi connectivity index (χ0n) is 12.5. The molecule has 0 radical (unpaired) electrons. The fraction of sp³-hybridized carbons (Fsp3) is 0.929. The summed E-state index contributed by atoms with van der Waals surface area (Å²) < 4.78 is 5.28. The molecule has 0 aliphatic carbocycles.